The van der Waals surface area contributed by atoms with Crippen molar-refractivity contribution in [1.82, 2.24) is 10.2 Å². The predicted octanol–water partition coefficient (Wildman–Crippen LogP) is 2.11. The second kappa shape index (κ2) is 8.13. The molecular weight excluding hydrogens is 224 g/mol. The summed E-state index contributed by atoms with van der Waals surface area (Å²) in [4.78, 5) is 2.43. The lowest BCUT2D eigenvalue weighted by atomic mass is 9.83. The molecule has 0 aliphatic carbocycles. The van der Waals surface area contributed by atoms with Crippen molar-refractivity contribution in [3.05, 3.63) is 0 Å². The van der Waals surface area contributed by atoms with Crippen LogP contribution in [-0.4, -0.2) is 49.8 Å². The van der Waals surface area contributed by atoms with E-state index in [1.54, 1.807) is 0 Å². The van der Waals surface area contributed by atoms with E-state index in [1.807, 2.05) is 0 Å². The lowest BCUT2D eigenvalue weighted by molar-refractivity contribution is 0.112. The van der Waals surface area contributed by atoms with Crippen LogP contribution in [0.15, 0.2) is 0 Å². The zero-order valence-corrected chi connectivity index (χ0v) is 12.5. The fraction of sp³-hybridized carbons (Fsp3) is 1.00. The fourth-order valence-corrected chi connectivity index (χ4v) is 2.79. The average molecular weight is 256 g/mol. The van der Waals surface area contributed by atoms with Gasteiger partial charge in [0, 0.05) is 18.6 Å². The van der Waals surface area contributed by atoms with E-state index in [4.69, 9.17) is 0 Å². The standard InChI is InChI=1S/C15H32N2O/c1-4-15(5-2,13-18)12-16-9-6-14-7-10-17(3)11-8-14/h14,16,18H,4-13H2,1-3H3. The second-order valence-electron chi connectivity index (χ2n) is 6.08. The molecule has 0 atom stereocenters. The molecule has 18 heavy (non-hydrogen) atoms. The van der Waals surface area contributed by atoms with Gasteiger partial charge in [-0.25, -0.2) is 0 Å². The number of rotatable bonds is 8. The lowest BCUT2D eigenvalue weighted by Crippen LogP contribution is -2.38. The van der Waals surface area contributed by atoms with Gasteiger partial charge >= 0.3 is 0 Å². The van der Waals surface area contributed by atoms with Gasteiger partial charge in [0.15, 0.2) is 0 Å². The van der Waals surface area contributed by atoms with Crippen LogP contribution in [0.5, 0.6) is 0 Å². The molecule has 0 amide bonds. The molecule has 0 aromatic heterocycles. The molecule has 1 saturated heterocycles. The highest BCUT2D eigenvalue weighted by Crippen LogP contribution is 2.24. The molecule has 1 fully saturated rings. The Balaban J connectivity index is 2.14. The van der Waals surface area contributed by atoms with Crippen LogP contribution in [0.3, 0.4) is 0 Å². The third-order valence-electron chi connectivity index (χ3n) is 4.90. The third-order valence-corrected chi connectivity index (χ3v) is 4.90. The van der Waals surface area contributed by atoms with Gasteiger partial charge in [-0.05, 0) is 64.7 Å². The molecule has 0 aromatic carbocycles. The SMILES string of the molecule is CCC(CC)(CO)CNCCC1CCN(C)CC1. The van der Waals surface area contributed by atoms with Gasteiger partial charge in [-0.2, -0.15) is 0 Å². The third kappa shape index (κ3) is 4.87. The molecule has 0 spiro atoms. The summed E-state index contributed by atoms with van der Waals surface area (Å²) in [5, 5.41) is 13.1. The molecule has 0 aromatic rings. The van der Waals surface area contributed by atoms with Crippen LogP contribution in [0.1, 0.15) is 46.0 Å². The van der Waals surface area contributed by atoms with E-state index in [0.717, 1.165) is 31.8 Å². The van der Waals surface area contributed by atoms with Crippen molar-refractivity contribution in [1.29, 1.82) is 0 Å². The molecule has 1 aliphatic heterocycles. The molecule has 0 unspecified atom stereocenters. The van der Waals surface area contributed by atoms with Gasteiger partial charge < -0.3 is 15.3 Å². The van der Waals surface area contributed by atoms with Crippen molar-refractivity contribution in [2.75, 3.05) is 39.8 Å². The van der Waals surface area contributed by atoms with Crippen molar-refractivity contribution >= 4 is 0 Å². The monoisotopic (exact) mass is 256 g/mol. The molecule has 0 saturated carbocycles. The minimum atomic E-state index is 0.104. The van der Waals surface area contributed by atoms with Crippen LogP contribution in [0, 0.1) is 11.3 Å². The van der Waals surface area contributed by atoms with E-state index >= 15 is 0 Å². The first kappa shape index (κ1) is 15.9. The van der Waals surface area contributed by atoms with Gasteiger partial charge in [0.1, 0.15) is 0 Å². The summed E-state index contributed by atoms with van der Waals surface area (Å²) in [7, 11) is 2.21. The number of nitrogens with zero attached hydrogens (tertiary/aromatic N) is 1. The van der Waals surface area contributed by atoms with Gasteiger partial charge in [0.2, 0.25) is 0 Å². The molecule has 2 N–H and O–H groups in total. The molecule has 3 nitrogen and oxygen atoms in total. The van der Waals surface area contributed by atoms with E-state index in [9.17, 15) is 5.11 Å². The first-order valence-electron chi connectivity index (χ1n) is 7.66. The predicted molar refractivity (Wildman–Crippen MR) is 77.8 cm³/mol. The van der Waals surface area contributed by atoms with E-state index in [0.29, 0.717) is 6.61 Å². The maximum atomic E-state index is 9.51. The number of hydrogen-bond donors (Lipinski definition) is 2. The minimum absolute atomic E-state index is 0.104. The Labute approximate surface area is 113 Å². The normalized spacial score (nSPS) is 19.3. The number of piperidine rings is 1. The Morgan fingerprint density at radius 2 is 1.83 bits per heavy atom. The van der Waals surface area contributed by atoms with Crippen LogP contribution < -0.4 is 5.32 Å². The highest BCUT2D eigenvalue weighted by Gasteiger charge is 2.24. The summed E-state index contributed by atoms with van der Waals surface area (Å²) < 4.78 is 0. The van der Waals surface area contributed by atoms with Gasteiger partial charge in [-0.3, -0.25) is 0 Å². The summed E-state index contributed by atoms with van der Waals surface area (Å²) in [6, 6.07) is 0. The number of hydrogen-bond acceptors (Lipinski definition) is 3. The molecule has 1 aliphatic rings. The van der Waals surface area contributed by atoms with Crippen molar-refractivity contribution in [2.24, 2.45) is 11.3 Å². The maximum Gasteiger partial charge on any atom is 0.0499 e. The first-order valence-corrected chi connectivity index (χ1v) is 7.66. The Morgan fingerprint density at radius 1 is 1.22 bits per heavy atom. The molecule has 108 valence electrons. The van der Waals surface area contributed by atoms with Crippen LogP contribution in [-0.2, 0) is 0 Å². The maximum absolute atomic E-state index is 9.51. The molecule has 0 bridgehead atoms. The van der Waals surface area contributed by atoms with Gasteiger partial charge in [-0.15, -0.1) is 0 Å². The van der Waals surface area contributed by atoms with Gasteiger partial charge in [0.25, 0.3) is 0 Å². The van der Waals surface area contributed by atoms with Crippen LogP contribution in [0.4, 0.5) is 0 Å². The fourth-order valence-electron chi connectivity index (χ4n) is 2.79. The van der Waals surface area contributed by atoms with E-state index in [-0.39, 0.29) is 5.41 Å². The van der Waals surface area contributed by atoms with Crippen molar-refractivity contribution in [3.8, 4) is 0 Å². The highest BCUT2D eigenvalue weighted by atomic mass is 16.3. The number of aliphatic hydroxyl groups is 1. The molecule has 3 heteroatoms. The topological polar surface area (TPSA) is 35.5 Å². The number of nitrogens with one attached hydrogen (secondary N) is 1. The molecule has 0 radical (unpaired) electrons. The highest BCUT2D eigenvalue weighted by molar-refractivity contribution is 4.78. The summed E-state index contributed by atoms with van der Waals surface area (Å²) in [5.74, 6) is 0.903. The summed E-state index contributed by atoms with van der Waals surface area (Å²) in [5.41, 5.74) is 0.104. The van der Waals surface area contributed by atoms with Crippen LogP contribution in [0.25, 0.3) is 0 Å². The van der Waals surface area contributed by atoms with Crippen molar-refractivity contribution in [3.63, 3.8) is 0 Å². The largest absolute Gasteiger partial charge is 0.396 e. The Kier molecular flexibility index (Phi) is 7.20. The quantitative estimate of drug-likeness (QED) is 0.653. The van der Waals surface area contributed by atoms with Gasteiger partial charge in [-0.1, -0.05) is 13.8 Å². The molecular formula is C15H32N2O. The summed E-state index contributed by atoms with van der Waals surface area (Å²) in [6.45, 7) is 9.25. The smallest absolute Gasteiger partial charge is 0.0499 e. The Morgan fingerprint density at radius 3 is 2.33 bits per heavy atom. The first-order chi connectivity index (χ1) is 8.65. The van der Waals surface area contributed by atoms with E-state index < -0.39 is 0 Å². The summed E-state index contributed by atoms with van der Waals surface area (Å²) >= 11 is 0. The molecule has 1 heterocycles. The Bertz CT molecular complexity index is 200. The number of aliphatic hydroxyl groups excluding tert-OH is 1. The number of likely N-dealkylation sites (tertiary alicyclic amines) is 1. The van der Waals surface area contributed by atoms with Gasteiger partial charge in [0.05, 0.1) is 0 Å². The molecule has 1 rings (SSSR count). The van der Waals surface area contributed by atoms with E-state index in [1.165, 1.54) is 32.4 Å². The summed E-state index contributed by atoms with van der Waals surface area (Å²) in [6.07, 6.45) is 6.11. The zero-order chi connectivity index (χ0) is 13.4. The Hall–Kier alpha value is -0.120. The van der Waals surface area contributed by atoms with Crippen LogP contribution >= 0.6 is 0 Å². The zero-order valence-electron chi connectivity index (χ0n) is 12.5. The van der Waals surface area contributed by atoms with Crippen LogP contribution in [0.2, 0.25) is 0 Å². The second-order valence-corrected chi connectivity index (χ2v) is 6.08. The lowest BCUT2D eigenvalue weighted by Gasteiger charge is -2.31. The van der Waals surface area contributed by atoms with Crippen molar-refractivity contribution < 1.29 is 5.11 Å². The van der Waals surface area contributed by atoms with Crippen molar-refractivity contribution in [2.45, 2.75) is 46.0 Å². The average Bonchev–Trinajstić information content (AvgIpc) is 2.42. The van der Waals surface area contributed by atoms with E-state index in [2.05, 4.69) is 31.1 Å². The minimum Gasteiger partial charge on any atom is -0.396 e.